The molecule has 1 amide bonds. The standard InChI is InChI=1S/C16H15Cl2N3O3/c17-11-1-2-13(14(18)7-11)15(22)20-5-3-12(4-6-20)21-9-10(8-19-21)16(23)24/h1-2,7-9,12H,3-6H2,(H,23,24). The van der Waals surface area contributed by atoms with Crippen molar-refractivity contribution in [2.45, 2.75) is 18.9 Å². The fourth-order valence-electron chi connectivity index (χ4n) is 2.81. The van der Waals surface area contributed by atoms with E-state index in [0.717, 1.165) is 0 Å². The van der Waals surface area contributed by atoms with Crippen LogP contribution in [-0.4, -0.2) is 44.8 Å². The summed E-state index contributed by atoms with van der Waals surface area (Å²) < 4.78 is 1.67. The summed E-state index contributed by atoms with van der Waals surface area (Å²) >= 11 is 12.0. The third-order valence-electron chi connectivity index (χ3n) is 4.14. The van der Waals surface area contributed by atoms with Crippen LogP contribution in [0.5, 0.6) is 0 Å². The Morgan fingerprint density at radius 1 is 1.21 bits per heavy atom. The Labute approximate surface area is 148 Å². The van der Waals surface area contributed by atoms with Crippen LogP contribution in [0.4, 0.5) is 0 Å². The van der Waals surface area contributed by atoms with Gasteiger partial charge in [0.1, 0.15) is 0 Å². The molecule has 1 aromatic carbocycles. The van der Waals surface area contributed by atoms with Crippen LogP contribution >= 0.6 is 23.2 Å². The minimum absolute atomic E-state index is 0.0860. The summed E-state index contributed by atoms with van der Waals surface area (Å²) in [5.74, 6) is -1.12. The molecule has 0 bridgehead atoms. The van der Waals surface area contributed by atoms with Crippen molar-refractivity contribution >= 4 is 35.1 Å². The number of carboxylic acids is 1. The summed E-state index contributed by atoms with van der Waals surface area (Å²) in [4.78, 5) is 25.2. The molecule has 1 aliphatic heterocycles. The maximum Gasteiger partial charge on any atom is 0.338 e. The first kappa shape index (κ1) is 16.8. The van der Waals surface area contributed by atoms with Gasteiger partial charge in [0.05, 0.1) is 28.4 Å². The number of amides is 1. The molecule has 126 valence electrons. The zero-order valence-corrected chi connectivity index (χ0v) is 14.2. The van der Waals surface area contributed by atoms with E-state index in [4.69, 9.17) is 28.3 Å². The van der Waals surface area contributed by atoms with E-state index in [1.165, 1.54) is 12.4 Å². The number of hydrogen-bond donors (Lipinski definition) is 1. The van der Waals surface area contributed by atoms with Gasteiger partial charge in [-0.3, -0.25) is 9.48 Å². The van der Waals surface area contributed by atoms with Gasteiger partial charge in [0.25, 0.3) is 5.91 Å². The second-order valence-electron chi connectivity index (χ2n) is 5.66. The number of piperidine rings is 1. The van der Waals surface area contributed by atoms with Gasteiger partial charge in [-0.15, -0.1) is 0 Å². The van der Waals surface area contributed by atoms with Crippen LogP contribution in [0.25, 0.3) is 0 Å². The van der Waals surface area contributed by atoms with Crippen molar-refractivity contribution in [3.8, 4) is 0 Å². The van der Waals surface area contributed by atoms with Crippen LogP contribution in [0.1, 0.15) is 39.6 Å². The van der Waals surface area contributed by atoms with Crippen molar-refractivity contribution in [2.75, 3.05) is 13.1 Å². The predicted octanol–water partition coefficient (Wildman–Crippen LogP) is 3.37. The number of aromatic nitrogens is 2. The number of aromatic carboxylic acids is 1. The highest BCUT2D eigenvalue weighted by Gasteiger charge is 2.26. The Morgan fingerprint density at radius 2 is 1.92 bits per heavy atom. The summed E-state index contributed by atoms with van der Waals surface area (Å²) in [5.41, 5.74) is 0.605. The first-order valence-electron chi connectivity index (χ1n) is 7.47. The lowest BCUT2D eigenvalue weighted by Gasteiger charge is -2.32. The Morgan fingerprint density at radius 3 is 2.50 bits per heavy atom. The molecular weight excluding hydrogens is 353 g/mol. The molecule has 1 fully saturated rings. The van der Waals surface area contributed by atoms with Crippen molar-refractivity contribution in [1.29, 1.82) is 0 Å². The number of carbonyl (C=O) groups is 2. The van der Waals surface area contributed by atoms with E-state index in [1.807, 2.05) is 0 Å². The Hall–Kier alpha value is -2.05. The van der Waals surface area contributed by atoms with Crippen LogP contribution in [-0.2, 0) is 0 Å². The van der Waals surface area contributed by atoms with Crippen LogP contribution in [0.2, 0.25) is 10.0 Å². The highest BCUT2D eigenvalue weighted by Crippen LogP contribution is 2.26. The third-order valence-corrected chi connectivity index (χ3v) is 4.68. The van der Waals surface area contributed by atoms with E-state index in [1.54, 1.807) is 27.8 Å². The second-order valence-corrected chi connectivity index (χ2v) is 6.51. The fraction of sp³-hybridized carbons (Fsp3) is 0.312. The number of carboxylic acid groups (broad SMARTS) is 1. The number of halogens is 2. The van der Waals surface area contributed by atoms with Crippen LogP contribution in [0.15, 0.2) is 30.6 Å². The van der Waals surface area contributed by atoms with Crippen molar-refractivity contribution in [3.63, 3.8) is 0 Å². The van der Waals surface area contributed by atoms with Gasteiger partial charge >= 0.3 is 5.97 Å². The molecule has 2 aromatic rings. The Balaban J connectivity index is 1.65. The highest BCUT2D eigenvalue weighted by atomic mass is 35.5. The van der Waals surface area contributed by atoms with Crippen molar-refractivity contribution in [2.24, 2.45) is 0 Å². The average molecular weight is 368 g/mol. The van der Waals surface area contributed by atoms with E-state index in [9.17, 15) is 9.59 Å². The van der Waals surface area contributed by atoms with Crippen molar-refractivity contribution in [1.82, 2.24) is 14.7 Å². The number of likely N-dealkylation sites (tertiary alicyclic amines) is 1. The molecule has 2 heterocycles. The molecule has 0 aliphatic carbocycles. The summed E-state index contributed by atoms with van der Waals surface area (Å²) in [6.07, 6.45) is 4.28. The molecule has 8 heteroatoms. The van der Waals surface area contributed by atoms with E-state index >= 15 is 0 Å². The lowest BCUT2D eigenvalue weighted by molar-refractivity contribution is 0.0688. The lowest BCUT2D eigenvalue weighted by atomic mass is 10.0. The molecule has 1 aliphatic rings. The van der Waals surface area contributed by atoms with E-state index in [2.05, 4.69) is 5.10 Å². The normalized spacial score (nSPS) is 15.5. The maximum atomic E-state index is 12.6. The summed E-state index contributed by atoms with van der Waals surface area (Å²) in [6.45, 7) is 1.12. The third kappa shape index (κ3) is 3.39. The van der Waals surface area contributed by atoms with Gasteiger partial charge in [-0.05, 0) is 31.0 Å². The monoisotopic (exact) mass is 367 g/mol. The molecule has 0 atom stereocenters. The molecular formula is C16H15Cl2N3O3. The molecule has 0 radical (unpaired) electrons. The number of nitrogens with zero attached hydrogens (tertiary/aromatic N) is 3. The number of rotatable bonds is 3. The van der Waals surface area contributed by atoms with Gasteiger partial charge in [0.15, 0.2) is 0 Å². The topological polar surface area (TPSA) is 75.4 Å². The summed E-state index contributed by atoms with van der Waals surface area (Å²) in [5, 5.41) is 13.9. The zero-order chi connectivity index (χ0) is 17.3. The molecule has 0 spiro atoms. The van der Waals surface area contributed by atoms with E-state index in [0.29, 0.717) is 41.5 Å². The predicted molar refractivity (Wildman–Crippen MR) is 89.8 cm³/mol. The van der Waals surface area contributed by atoms with Gasteiger partial charge in [-0.2, -0.15) is 5.10 Å². The number of hydrogen-bond acceptors (Lipinski definition) is 3. The number of benzene rings is 1. The van der Waals surface area contributed by atoms with Crippen LogP contribution in [0, 0.1) is 0 Å². The Bertz CT molecular complexity index is 783. The van der Waals surface area contributed by atoms with Gasteiger partial charge in [0.2, 0.25) is 0 Å². The quantitative estimate of drug-likeness (QED) is 0.902. The first-order chi connectivity index (χ1) is 11.5. The molecule has 24 heavy (non-hydrogen) atoms. The van der Waals surface area contributed by atoms with E-state index < -0.39 is 5.97 Å². The second kappa shape index (κ2) is 6.83. The molecule has 0 unspecified atom stereocenters. The van der Waals surface area contributed by atoms with Gasteiger partial charge in [0, 0.05) is 24.3 Å². The summed E-state index contributed by atoms with van der Waals surface area (Å²) in [7, 11) is 0. The summed E-state index contributed by atoms with van der Waals surface area (Å²) in [6, 6.07) is 4.92. The van der Waals surface area contributed by atoms with Crippen molar-refractivity contribution < 1.29 is 14.7 Å². The average Bonchev–Trinajstić information content (AvgIpc) is 3.05. The van der Waals surface area contributed by atoms with Gasteiger partial charge < -0.3 is 10.0 Å². The van der Waals surface area contributed by atoms with Crippen LogP contribution < -0.4 is 0 Å². The van der Waals surface area contributed by atoms with Crippen molar-refractivity contribution in [3.05, 3.63) is 51.8 Å². The minimum atomic E-state index is -0.994. The smallest absolute Gasteiger partial charge is 0.338 e. The minimum Gasteiger partial charge on any atom is -0.478 e. The lowest BCUT2D eigenvalue weighted by Crippen LogP contribution is -2.39. The number of carbonyl (C=O) groups excluding carboxylic acids is 1. The molecule has 6 nitrogen and oxygen atoms in total. The SMILES string of the molecule is O=C(O)c1cnn(C2CCN(C(=O)c3ccc(Cl)cc3Cl)CC2)c1. The molecule has 1 saturated heterocycles. The molecule has 0 saturated carbocycles. The highest BCUT2D eigenvalue weighted by molar-refractivity contribution is 6.36. The zero-order valence-electron chi connectivity index (χ0n) is 12.7. The largest absolute Gasteiger partial charge is 0.478 e. The van der Waals surface area contributed by atoms with E-state index in [-0.39, 0.29) is 17.5 Å². The maximum absolute atomic E-state index is 12.6. The molecule has 1 N–H and O–H groups in total. The fourth-order valence-corrected chi connectivity index (χ4v) is 3.30. The molecule has 3 rings (SSSR count). The first-order valence-corrected chi connectivity index (χ1v) is 8.23. The van der Waals surface area contributed by atoms with Gasteiger partial charge in [-0.1, -0.05) is 23.2 Å². The van der Waals surface area contributed by atoms with Crippen LogP contribution in [0.3, 0.4) is 0 Å². The van der Waals surface area contributed by atoms with Gasteiger partial charge in [-0.25, -0.2) is 4.79 Å². The molecule has 1 aromatic heterocycles. The Kier molecular flexibility index (Phi) is 4.78.